The minimum atomic E-state index is -0.0633. The summed E-state index contributed by atoms with van der Waals surface area (Å²) in [4.78, 5) is 9.29. The Morgan fingerprint density at radius 3 is 2.32 bits per heavy atom. The largest absolute Gasteiger partial charge is 0.373 e. The van der Waals surface area contributed by atoms with E-state index in [9.17, 15) is 0 Å². The Balaban J connectivity index is 3.38. The molecule has 0 aliphatic rings. The van der Waals surface area contributed by atoms with Gasteiger partial charge in [0.05, 0.1) is 10.2 Å². The molecule has 4 nitrogen and oxygen atoms in total. The number of anilines is 1. The first-order valence-electron chi connectivity index (χ1n) is 6.69. The fourth-order valence-electron chi connectivity index (χ4n) is 1.84. The molecular weight excluding hydrogens is 306 g/mol. The number of halogens is 1. The molecule has 0 saturated heterocycles. The summed E-state index contributed by atoms with van der Waals surface area (Å²) in [5.41, 5.74) is 0.955. The average Bonchev–Trinajstić information content (AvgIpc) is 2.33. The van der Waals surface area contributed by atoms with E-state index >= 15 is 0 Å². The highest BCUT2D eigenvalue weighted by atomic mass is 79.9. The van der Waals surface area contributed by atoms with Crippen LogP contribution in [0, 0.1) is 0 Å². The van der Waals surface area contributed by atoms with Gasteiger partial charge >= 0.3 is 0 Å². The second-order valence-corrected chi connectivity index (χ2v) is 6.30. The Kier molecular flexibility index (Phi) is 5.74. The number of nitrogens with zero attached hydrogens (tertiary/aromatic N) is 2. The zero-order chi connectivity index (χ0) is 14.6. The van der Waals surface area contributed by atoms with Crippen molar-refractivity contribution in [1.82, 2.24) is 9.97 Å². The summed E-state index contributed by atoms with van der Waals surface area (Å²) in [7, 11) is 1.70. The molecule has 1 aromatic heterocycles. The molecule has 1 N–H and O–H groups in total. The van der Waals surface area contributed by atoms with Gasteiger partial charge in [0.1, 0.15) is 11.9 Å². The molecule has 1 atom stereocenters. The third-order valence-electron chi connectivity index (χ3n) is 2.87. The van der Waals surface area contributed by atoms with Crippen molar-refractivity contribution in [3.8, 4) is 0 Å². The van der Waals surface area contributed by atoms with Crippen molar-refractivity contribution in [2.45, 2.75) is 52.6 Å². The van der Waals surface area contributed by atoms with Gasteiger partial charge < -0.3 is 10.1 Å². The minimum absolute atomic E-state index is 0.0489. The Hall–Kier alpha value is -0.680. The van der Waals surface area contributed by atoms with Crippen LogP contribution in [0.2, 0.25) is 0 Å². The van der Waals surface area contributed by atoms with Crippen molar-refractivity contribution < 1.29 is 4.74 Å². The van der Waals surface area contributed by atoms with Gasteiger partial charge in [-0.3, -0.25) is 0 Å². The summed E-state index contributed by atoms with van der Waals surface area (Å²) >= 11 is 3.62. The molecule has 0 aromatic carbocycles. The summed E-state index contributed by atoms with van der Waals surface area (Å²) in [6, 6.07) is 0. The van der Waals surface area contributed by atoms with Crippen LogP contribution in [-0.2, 0) is 10.2 Å². The van der Waals surface area contributed by atoms with Crippen LogP contribution >= 0.6 is 15.9 Å². The number of rotatable bonds is 5. The second-order valence-electron chi connectivity index (χ2n) is 5.51. The van der Waals surface area contributed by atoms with Gasteiger partial charge in [-0.15, -0.1) is 0 Å². The van der Waals surface area contributed by atoms with Crippen molar-refractivity contribution in [2.75, 3.05) is 19.0 Å². The first-order valence-corrected chi connectivity index (χ1v) is 7.49. The zero-order valence-electron chi connectivity index (χ0n) is 12.7. The highest BCUT2D eigenvalue weighted by Gasteiger charge is 2.25. The van der Waals surface area contributed by atoms with Crippen molar-refractivity contribution in [1.29, 1.82) is 0 Å². The second kappa shape index (κ2) is 6.66. The highest BCUT2D eigenvalue weighted by molar-refractivity contribution is 9.10. The summed E-state index contributed by atoms with van der Waals surface area (Å²) in [5, 5.41) is 3.28. The first-order chi connectivity index (χ1) is 8.85. The van der Waals surface area contributed by atoms with E-state index in [1.54, 1.807) is 7.11 Å². The molecule has 0 bridgehead atoms. The molecule has 0 spiro atoms. The van der Waals surface area contributed by atoms with Crippen LogP contribution in [0.3, 0.4) is 0 Å². The van der Waals surface area contributed by atoms with Gasteiger partial charge in [-0.25, -0.2) is 9.97 Å². The van der Waals surface area contributed by atoms with E-state index in [1.807, 2.05) is 0 Å². The molecule has 0 saturated carbocycles. The molecule has 5 heteroatoms. The molecule has 19 heavy (non-hydrogen) atoms. The normalized spacial score (nSPS) is 13.4. The number of nitrogens with one attached hydrogen (secondary N) is 1. The third-order valence-corrected chi connectivity index (χ3v) is 3.62. The van der Waals surface area contributed by atoms with Gasteiger partial charge in [-0.05, 0) is 29.3 Å². The Morgan fingerprint density at radius 1 is 1.26 bits per heavy atom. The zero-order valence-corrected chi connectivity index (χ0v) is 14.3. The van der Waals surface area contributed by atoms with Crippen molar-refractivity contribution in [2.24, 2.45) is 0 Å². The van der Waals surface area contributed by atoms with Crippen LogP contribution in [0.4, 0.5) is 5.82 Å². The standard InChI is InChI=1S/C14H24BrN3O/c1-7-9(19-6)12-17-11(14(3,4)5)10(15)13(18-12)16-8-2/h9H,7-8H2,1-6H3,(H,16,17,18). The van der Waals surface area contributed by atoms with E-state index in [0.29, 0.717) is 0 Å². The minimum Gasteiger partial charge on any atom is -0.373 e. The van der Waals surface area contributed by atoms with Gasteiger partial charge in [0.25, 0.3) is 0 Å². The lowest BCUT2D eigenvalue weighted by atomic mass is 9.91. The topological polar surface area (TPSA) is 47.0 Å². The van der Waals surface area contributed by atoms with Crippen molar-refractivity contribution in [3.63, 3.8) is 0 Å². The van der Waals surface area contributed by atoms with Crippen LogP contribution in [0.1, 0.15) is 58.7 Å². The first kappa shape index (κ1) is 16.4. The maximum Gasteiger partial charge on any atom is 0.159 e. The molecule has 0 radical (unpaired) electrons. The van der Waals surface area contributed by atoms with Gasteiger partial charge in [0.15, 0.2) is 5.82 Å². The summed E-state index contributed by atoms with van der Waals surface area (Å²) < 4.78 is 6.40. The quantitative estimate of drug-likeness (QED) is 0.884. The number of ether oxygens (including phenoxy) is 1. The number of methoxy groups -OCH3 is 1. The highest BCUT2D eigenvalue weighted by Crippen LogP contribution is 2.34. The smallest absolute Gasteiger partial charge is 0.159 e. The lowest BCUT2D eigenvalue weighted by Crippen LogP contribution is -2.20. The predicted molar refractivity (Wildman–Crippen MR) is 82.6 cm³/mol. The Morgan fingerprint density at radius 2 is 1.89 bits per heavy atom. The van der Waals surface area contributed by atoms with E-state index < -0.39 is 0 Å². The predicted octanol–water partition coefficient (Wildman–Crippen LogP) is 4.07. The molecule has 1 aromatic rings. The van der Waals surface area contributed by atoms with E-state index in [4.69, 9.17) is 9.72 Å². The third kappa shape index (κ3) is 3.89. The van der Waals surface area contributed by atoms with Gasteiger partial charge in [0, 0.05) is 19.1 Å². The van der Waals surface area contributed by atoms with E-state index in [2.05, 4.69) is 60.8 Å². The monoisotopic (exact) mass is 329 g/mol. The van der Waals surface area contributed by atoms with Gasteiger partial charge in [0.2, 0.25) is 0 Å². The molecule has 1 unspecified atom stereocenters. The van der Waals surface area contributed by atoms with Crippen LogP contribution in [-0.4, -0.2) is 23.6 Å². The molecular formula is C14H24BrN3O. The average molecular weight is 330 g/mol. The number of hydrogen-bond donors (Lipinski definition) is 1. The van der Waals surface area contributed by atoms with E-state index in [1.165, 1.54) is 0 Å². The SMILES string of the molecule is CCNc1nc(C(CC)OC)nc(C(C)(C)C)c1Br. The molecule has 0 fully saturated rings. The number of aromatic nitrogens is 2. The van der Waals surface area contributed by atoms with Crippen LogP contribution < -0.4 is 5.32 Å². The van der Waals surface area contributed by atoms with E-state index in [-0.39, 0.29) is 11.5 Å². The molecule has 1 heterocycles. The summed E-state index contributed by atoms with van der Waals surface area (Å²) in [5.74, 6) is 1.59. The Bertz CT molecular complexity index is 425. The summed E-state index contributed by atoms with van der Waals surface area (Å²) in [6.07, 6.45) is 0.791. The van der Waals surface area contributed by atoms with Gasteiger partial charge in [-0.1, -0.05) is 27.7 Å². The van der Waals surface area contributed by atoms with Crippen LogP contribution in [0.25, 0.3) is 0 Å². The molecule has 0 aliphatic carbocycles. The van der Waals surface area contributed by atoms with Crippen molar-refractivity contribution in [3.05, 3.63) is 16.0 Å². The summed E-state index contributed by atoms with van der Waals surface area (Å²) in [6.45, 7) is 11.4. The van der Waals surface area contributed by atoms with Crippen LogP contribution in [0.15, 0.2) is 4.47 Å². The maximum atomic E-state index is 5.46. The fraction of sp³-hybridized carbons (Fsp3) is 0.714. The molecule has 1 rings (SSSR count). The maximum absolute atomic E-state index is 5.46. The lowest BCUT2D eigenvalue weighted by molar-refractivity contribution is 0.0922. The molecule has 108 valence electrons. The molecule has 0 aliphatic heterocycles. The number of hydrogen-bond acceptors (Lipinski definition) is 4. The van der Waals surface area contributed by atoms with Gasteiger partial charge in [-0.2, -0.15) is 0 Å². The lowest BCUT2D eigenvalue weighted by Gasteiger charge is -2.23. The fourth-order valence-corrected chi connectivity index (χ4v) is 2.76. The van der Waals surface area contributed by atoms with E-state index in [0.717, 1.165) is 34.8 Å². The Labute approximate surface area is 124 Å². The molecule has 0 amide bonds. The van der Waals surface area contributed by atoms with Crippen molar-refractivity contribution >= 4 is 21.7 Å². The van der Waals surface area contributed by atoms with Crippen LogP contribution in [0.5, 0.6) is 0 Å².